The molecule has 1 amide bonds. The number of aliphatic hydroxyl groups excluding tert-OH is 3. The summed E-state index contributed by atoms with van der Waals surface area (Å²) in [6.07, 6.45) is -2.33. The molecule has 4 unspecified atom stereocenters. The van der Waals surface area contributed by atoms with E-state index in [4.69, 9.17) is 0 Å². The average molecular weight is 370 g/mol. The molecule has 0 aliphatic carbocycles. The van der Waals surface area contributed by atoms with Crippen molar-refractivity contribution < 1.29 is 20.1 Å². The highest BCUT2D eigenvalue weighted by Gasteiger charge is 2.45. The second-order valence-corrected chi connectivity index (χ2v) is 6.96. The molecule has 0 spiro atoms. The predicted molar refractivity (Wildman–Crippen MR) is 102 cm³/mol. The monoisotopic (exact) mass is 370 g/mol. The number of rotatable bonds is 5. The predicted octanol–water partition coefficient (Wildman–Crippen LogP) is 0.679. The first-order valence-electron chi connectivity index (χ1n) is 9.12. The third-order valence-corrected chi connectivity index (χ3v) is 5.13. The minimum atomic E-state index is -1.18. The summed E-state index contributed by atoms with van der Waals surface area (Å²) < 4.78 is 0. The van der Waals surface area contributed by atoms with Gasteiger partial charge >= 0.3 is 0 Å². The number of carbonyl (C=O) groups is 1. The van der Waals surface area contributed by atoms with Crippen LogP contribution in [-0.4, -0.2) is 63.6 Å². The molecule has 2 aromatic rings. The van der Waals surface area contributed by atoms with Crippen LogP contribution in [0.25, 0.3) is 0 Å². The molecule has 6 nitrogen and oxygen atoms in total. The molecule has 0 aromatic heterocycles. The van der Waals surface area contributed by atoms with Crippen molar-refractivity contribution in [1.82, 2.24) is 10.2 Å². The number of benzene rings is 2. The van der Waals surface area contributed by atoms with Crippen LogP contribution >= 0.6 is 0 Å². The van der Waals surface area contributed by atoms with E-state index in [0.717, 1.165) is 11.1 Å². The van der Waals surface area contributed by atoms with Crippen LogP contribution in [0.5, 0.6) is 0 Å². The Bertz CT molecular complexity index is 701. The lowest BCUT2D eigenvalue weighted by Gasteiger charge is -2.48. The fraction of sp³-hybridized carbons (Fsp3) is 0.381. The van der Waals surface area contributed by atoms with Gasteiger partial charge in [-0.1, -0.05) is 60.7 Å². The summed E-state index contributed by atoms with van der Waals surface area (Å²) in [5.74, 6) is -0.273. The van der Waals surface area contributed by atoms with Crippen LogP contribution in [0.1, 0.15) is 24.1 Å². The van der Waals surface area contributed by atoms with Crippen LogP contribution < -0.4 is 5.32 Å². The van der Waals surface area contributed by atoms with E-state index in [1.165, 1.54) is 6.92 Å². The number of piperidine rings is 1. The number of aliphatic hydroxyl groups is 3. The summed E-state index contributed by atoms with van der Waals surface area (Å²) in [5.41, 5.74) is 2.01. The van der Waals surface area contributed by atoms with Gasteiger partial charge < -0.3 is 20.6 Å². The van der Waals surface area contributed by atoms with Gasteiger partial charge in [-0.05, 0) is 11.1 Å². The maximum absolute atomic E-state index is 11.6. The topological polar surface area (TPSA) is 93.0 Å². The van der Waals surface area contributed by atoms with Gasteiger partial charge in [0.15, 0.2) is 0 Å². The molecule has 2 aromatic carbocycles. The van der Waals surface area contributed by atoms with Crippen molar-refractivity contribution in [3.05, 3.63) is 71.8 Å². The molecule has 1 fully saturated rings. The molecule has 1 saturated heterocycles. The van der Waals surface area contributed by atoms with E-state index in [1.807, 2.05) is 65.6 Å². The van der Waals surface area contributed by atoms with E-state index in [0.29, 0.717) is 6.54 Å². The van der Waals surface area contributed by atoms with Crippen molar-refractivity contribution in [3.8, 4) is 0 Å². The number of likely N-dealkylation sites (tertiary alicyclic amines) is 1. The Balaban J connectivity index is 2.04. The highest BCUT2D eigenvalue weighted by Crippen LogP contribution is 2.34. The average Bonchev–Trinajstić information content (AvgIpc) is 2.68. The Hall–Kier alpha value is -2.25. The molecule has 0 saturated carbocycles. The first kappa shape index (κ1) is 19.5. The quantitative estimate of drug-likeness (QED) is 0.621. The van der Waals surface area contributed by atoms with Crippen molar-refractivity contribution >= 4 is 5.91 Å². The van der Waals surface area contributed by atoms with Gasteiger partial charge in [-0.25, -0.2) is 0 Å². The molecule has 3 rings (SSSR count). The Morgan fingerprint density at radius 2 is 1.56 bits per heavy atom. The Morgan fingerprint density at radius 3 is 2.00 bits per heavy atom. The summed E-state index contributed by atoms with van der Waals surface area (Å²) in [6.45, 7) is 1.38. The van der Waals surface area contributed by atoms with Gasteiger partial charge in [0, 0.05) is 13.5 Å². The molecular formula is C21H26N2O4. The van der Waals surface area contributed by atoms with Crippen LogP contribution in [0.2, 0.25) is 0 Å². The van der Waals surface area contributed by atoms with Gasteiger partial charge in [0.2, 0.25) is 5.91 Å². The first-order valence-corrected chi connectivity index (χ1v) is 9.12. The zero-order valence-corrected chi connectivity index (χ0v) is 15.3. The van der Waals surface area contributed by atoms with Gasteiger partial charge in [0.1, 0.15) is 6.10 Å². The van der Waals surface area contributed by atoms with E-state index in [9.17, 15) is 20.1 Å². The number of carbonyl (C=O) groups excluding carboxylic acids is 1. The molecule has 0 radical (unpaired) electrons. The highest BCUT2D eigenvalue weighted by molar-refractivity contribution is 5.73. The molecule has 4 atom stereocenters. The van der Waals surface area contributed by atoms with E-state index < -0.39 is 24.3 Å². The van der Waals surface area contributed by atoms with Crippen LogP contribution in [0, 0.1) is 0 Å². The lowest BCUT2D eigenvalue weighted by atomic mass is 9.87. The third-order valence-electron chi connectivity index (χ3n) is 5.13. The molecule has 6 heteroatoms. The normalized spacial score (nSPS) is 26.1. The molecule has 1 heterocycles. The molecular weight excluding hydrogens is 344 g/mol. The second-order valence-electron chi connectivity index (χ2n) is 6.96. The van der Waals surface area contributed by atoms with Gasteiger partial charge in [0.05, 0.1) is 30.8 Å². The molecule has 27 heavy (non-hydrogen) atoms. The van der Waals surface area contributed by atoms with Crippen molar-refractivity contribution in [2.24, 2.45) is 0 Å². The number of nitrogens with zero attached hydrogens (tertiary/aromatic N) is 1. The van der Waals surface area contributed by atoms with Crippen LogP contribution in [0.15, 0.2) is 60.7 Å². The van der Waals surface area contributed by atoms with Crippen molar-refractivity contribution in [3.63, 3.8) is 0 Å². The summed E-state index contributed by atoms with van der Waals surface area (Å²) in [7, 11) is 0. The number of nitrogens with one attached hydrogen (secondary N) is 1. The fourth-order valence-corrected chi connectivity index (χ4v) is 3.88. The van der Waals surface area contributed by atoms with Crippen molar-refractivity contribution in [1.29, 1.82) is 0 Å². The molecule has 0 bridgehead atoms. The van der Waals surface area contributed by atoms with Crippen LogP contribution in [0.3, 0.4) is 0 Å². The van der Waals surface area contributed by atoms with Crippen molar-refractivity contribution in [2.45, 2.75) is 37.3 Å². The smallest absolute Gasteiger partial charge is 0.217 e. The summed E-state index contributed by atoms with van der Waals surface area (Å²) in [4.78, 5) is 13.5. The number of amides is 1. The van der Waals surface area contributed by atoms with Crippen LogP contribution in [-0.2, 0) is 4.79 Å². The summed E-state index contributed by atoms with van der Waals surface area (Å²) in [5, 5.41) is 33.7. The maximum Gasteiger partial charge on any atom is 0.217 e. The van der Waals surface area contributed by atoms with Gasteiger partial charge in [0.25, 0.3) is 0 Å². The Morgan fingerprint density at radius 1 is 1.04 bits per heavy atom. The van der Waals surface area contributed by atoms with Crippen molar-refractivity contribution in [2.75, 3.05) is 13.2 Å². The largest absolute Gasteiger partial charge is 0.395 e. The zero-order chi connectivity index (χ0) is 19.4. The number of hydrogen-bond acceptors (Lipinski definition) is 5. The van der Waals surface area contributed by atoms with Gasteiger partial charge in [-0.3, -0.25) is 9.69 Å². The summed E-state index contributed by atoms with van der Waals surface area (Å²) in [6, 6.07) is 18.1. The lowest BCUT2D eigenvalue weighted by molar-refractivity contribution is -0.131. The number of hydrogen-bond donors (Lipinski definition) is 4. The van der Waals surface area contributed by atoms with Crippen LogP contribution in [0.4, 0.5) is 0 Å². The second kappa shape index (κ2) is 8.63. The Kier molecular flexibility index (Phi) is 6.23. The fourth-order valence-electron chi connectivity index (χ4n) is 3.88. The SMILES string of the molecule is CC(=O)NC1CN(C(c2ccccc2)c2ccccc2)C(CO)C(O)C1O. The molecule has 1 aliphatic heterocycles. The zero-order valence-electron chi connectivity index (χ0n) is 15.3. The minimum absolute atomic E-state index is 0.233. The highest BCUT2D eigenvalue weighted by atomic mass is 16.3. The van der Waals surface area contributed by atoms with Gasteiger partial charge in [-0.2, -0.15) is 0 Å². The standard InChI is InChI=1S/C21H26N2O4/c1-14(25)22-17-12-23(18(13-24)21(27)20(17)26)19(15-8-4-2-5-9-15)16-10-6-3-7-11-16/h2-11,17-21,24,26-27H,12-13H2,1H3,(H,22,25). The third kappa shape index (κ3) is 4.20. The molecule has 4 N–H and O–H groups in total. The van der Waals surface area contributed by atoms with E-state index in [2.05, 4.69) is 5.32 Å². The van der Waals surface area contributed by atoms with Gasteiger partial charge in [-0.15, -0.1) is 0 Å². The summed E-state index contributed by atoms with van der Waals surface area (Å²) >= 11 is 0. The molecule has 144 valence electrons. The van der Waals surface area contributed by atoms with E-state index in [-0.39, 0.29) is 18.6 Å². The van der Waals surface area contributed by atoms with E-state index in [1.54, 1.807) is 0 Å². The molecule has 1 aliphatic rings. The lowest BCUT2D eigenvalue weighted by Crippen LogP contribution is -2.66. The minimum Gasteiger partial charge on any atom is -0.395 e. The van der Waals surface area contributed by atoms with E-state index >= 15 is 0 Å². The Labute approximate surface area is 159 Å². The first-order chi connectivity index (χ1) is 13.0. The maximum atomic E-state index is 11.6.